The smallest absolute Gasteiger partial charge is 0.335 e. The third-order valence-electron chi connectivity index (χ3n) is 5.99. The van der Waals surface area contributed by atoms with Gasteiger partial charge in [0.25, 0.3) is 0 Å². The zero-order chi connectivity index (χ0) is 16.4. The van der Waals surface area contributed by atoms with Gasteiger partial charge >= 0.3 is 10.8 Å². The minimum atomic E-state index is -0.882. The lowest BCUT2D eigenvalue weighted by atomic mass is 9.74. The highest BCUT2D eigenvalue weighted by atomic mass is 32.2. The van der Waals surface area contributed by atoms with Crippen molar-refractivity contribution in [1.29, 1.82) is 0 Å². The minimum absolute atomic E-state index is 0.0300. The molecular weight excluding hydrogens is 342 g/mol. The molecule has 2 fully saturated rings. The quantitative estimate of drug-likeness (QED) is 0.856. The van der Waals surface area contributed by atoms with Crippen molar-refractivity contribution in [2.24, 2.45) is 17.8 Å². The fourth-order valence-corrected chi connectivity index (χ4v) is 8.05. The van der Waals surface area contributed by atoms with E-state index in [0.29, 0.717) is 28.6 Å². The van der Waals surface area contributed by atoms with Crippen molar-refractivity contribution in [1.82, 2.24) is 4.98 Å². The lowest BCUT2D eigenvalue weighted by Gasteiger charge is -2.40. The van der Waals surface area contributed by atoms with Crippen molar-refractivity contribution in [3.05, 3.63) is 49.9 Å². The maximum absolute atomic E-state index is 12.0. The van der Waals surface area contributed by atoms with Crippen molar-refractivity contribution in [2.75, 3.05) is 0 Å². The van der Waals surface area contributed by atoms with E-state index in [1.54, 1.807) is 12.1 Å². The Hall–Kier alpha value is -1.53. The summed E-state index contributed by atoms with van der Waals surface area (Å²) in [6, 6.07) is 7.34. The second kappa shape index (κ2) is 5.23. The summed E-state index contributed by atoms with van der Waals surface area (Å²) in [5.74, 6) is 0.977. The van der Waals surface area contributed by atoms with Crippen molar-refractivity contribution < 1.29 is 9.90 Å². The van der Waals surface area contributed by atoms with Crippen LogP contribution in [0.3, 0.4) is 0 Å². The van der Waals surface area contributed by atoms with Gasteiger partial charge < -0.3 is 10.1 Å². The van der Waals surface area contributed by atoms with Gasteiger partial charge in [0.05, 0.1) is 10.6 Å². The first-order valence-corrected chi connectivity index (χ1v) is 10.0. The average Bonchev–Trinajstić information content (AvgIpc) is 3.26. The minimum Gasteiger partial charge on any atom is -0.478 e. The molecule has 6 heteroatoms. The molecular formula is C18H17NO3S2. The van der Waals surface area contributed by atoms with Crippen LogP contribution in [0.25, 0.3) is 0 Å². The summed E-state index contributed by atoms with van der Waals surface area (Å²) in [4.78, 5) is 27.8. The van der Waals surface area contributed by atoms with Gasteiger partial charge in [0, 0.05) is 16.0 Å². The molecule has 0 spiro atoms. The van der Waals surface area contributed by atoms with Crippen molar-refractivity contribution in [3.63, 3.8) is 0 Å². The van der Waals surface area contributed by atoms with Crippen molar-refractivity contribution >= 4 is 29.1 Å². The third kappa shape index (κ3) is 1.99. The lowest BCUT2D eigenvalue weighted by molar-refractivity contribution is 0.0694. The topological polar surface area (TPSA) is 70.2 Å². The first-order valence-electron chi connectivity index (χ1n) is 8.35. The summed E-state index contributed by atoms with van der Waals surface area (Å²) in [7, 11) is 0. The van der Waals surface area contributed by atoms with Crippen LogP contribution in [0.15, 0.2) is 34.1 Å². The molecule has 0 amide bonds. The Bertz CT molecular complexity index is 886. The Balaban J connectivity index is 1.73. The van der Waals surface area contributed by atoms with E-state index in [-0.39, 0.29) is 10.8 Å². The molecule has 2 bridgehead atoms. The van der Waals surface area contributed by atoms with Gasteiger partial charge in [-0.05, 0) is 48.6 Å². The zero-order valence-electron chi connectivity index (χ0n) is 12.9. The molecule has 24 heavy (non-hydrogen) atoms. The van der Waals surface area contributed by atoms with Gasteiger partial charge in [-0.15, -0.1) is 11.8 Å². The second-order valence-corrected chi connectivity index (χ2v) is 9.27. The number of H-pyrrole nitrogens is 1. The highest BCUT2D eigenvalue weighted by Crippen LogP contribution is 2.63. The Labute approximate surface area is 147 Å². The summed E-state index contributed by atoms with van der Waals surface area (Å²) in [5.41, 5.74) is 1.26. The van der Waals surface area contributed by atoms with Crippen LogP contribution in [0.1, 0.15) is 46.0 Å². The molecule has 2 N–H and O–H groups in total. The van der Waals surface area contributed by atoms with Crippen LogP contribution in [0.2, 0.25) is 0 Å². The van der Waals surface area contributed by atoms with E-state index in [2.05, 4.69) is 4.98 Å². The molecule has 1 aliphatic heterocycles. The van der Waals surface area contributed by atoms with E-state index in [4.69, 9.17) is 0 Å². The number of rotatable bonds is 2. The number of nitrogens with one attached hydrogen (secondary N) is 1. The van der Waals surface area contributed by atoms with Gasteiger partial charge in [-0.3, -0.25) is 4.79 Å². The first-order chi connectivity index (χ1) is 11.6. The van der Waals surface area contributed by atoms with Gasteiger partial charge in [0.1, 0.15) is 0 Å². The maximum atomic E-state index is 12.0. The normalized spacial score (nSPS) is 33.2. The number of aromatic amines is 1. The molecule has 3 aliphatic rings. The second-order valence-electron chi connectivity index (χ2n) is 7.07. The molecule has 0 saturated heterocycles. The molecule has 2 aromatic rings. The Morgan fingerprint density at radius 3 is 2.83 bits per heavy atom. The van der Waals surface area contributed by atoms with Crippen LogP contribution in [-0.4, -0.2) is 21.3 Å². The molecule has 0 radical (unpaired) electrons. The van der Waals surface area contributed by atoms with E-state index in [9.17, 15) is 14.7 Å². The molecule has 124 valence electrons. The number of thioether (sulfide) groups is 1. The van der Waals surface area contributed by atoms with Crippen molar-refractivity contribution in [3.8, 4) is 0 Å². The molecule has 5 rings (SSSR count). The largest absolute Gasteiger partial charge is 0.478 e. The van der Waals surface area contributed by atoms with Gasteiger partial charge in [-0.1, -0.05) is 29.5 Å². The first kappa shape index (κ1) is 14.8. The Morgan fingerprint density at radius 2 is 2.00 bits per heavy atom. The van der Waals surface area contributed by atoms with Gasteiger partial charge in [0.15, 0.2) is 0 Å². The van der Waals surface area contributed by atoms with Crippen LogP contribution in [0.5, 0.6) is 0 Å². The third-order valence-corrected chi connectivity index (χ3v) is 8.62. The monoisotopic (exact) mass is 359 g/mol. The fourth-order valence-electron chi connectivity index (χ4n) is 5.16. The lowest BCUT2D eigenvalue weighted by Crippen LogP contribution is -2.34. The number of carboxylic acids is 1. The van der Waals surface area contributed by atoms with Gasteiger partial charge in [-0.25, -0.2) is 4.79 Å². The average molecular weight is 359 g/mol. The zero-order valence-corrected chi connectivity index (χ0v) is 14.5. The highest BCUT2D eigenvalue weighted by molar-refractivity contribution is 8.00. The number of hydrogen-bond acceptors (Lipinski definition) is 4. The van der Waals surface area contributed by atoms with Crippen LogP contribution >= 0.6 is 23.1 Å². The number of aromatic nitrogens is 1. The summed E-state index contributed by atoms with van der Waals surface area (Å²) < 4.78 is 0. The standard InChI is InChI=1S/C18H17NO3S2/c20-17(21)11-4-2-1-3-10(11)13-12-8-5-6-9(7-8)14(12)23-16-15(13)24-18(22)19-16/h1-4,8-9,12-14H,5-7H2,(H,19,22)(H,20,21)/t8-,9-,12-,13-,14+/m1/s1. The molecule has 1 aromatic carbocycles. The summed E-state index contributed by atoms with van der Waals surface area (Å²) >= 11 is 3.10. The molecule has 4 nitrogen and oxygen atoms in total. The number of hydrogen-bond donors (Lipinski definition) is 2. The van der Waals surface area contributed by atoms with Gasteiger partial charge in [-0.2, -0.15) is 0 Å². The Kier molecular flexibility index (Phi) is 3.22. The van der Waals surface area contributed by atoms with E-state index in [1.807, 2.05) is 23.9 Å². The van der Waals surface area contributed by atoms with Crippen LogP contribution in [0, 0.1) is 17.8 Å². The van der Waals surface area contributed by atoms with Crippen LogP contribution < -0.4 is 4.87 Å². The van der Waals surface area contributed by atoms with E-state index < -0.39 is 5.97 Å². The van der Waals surface area contributed by atoms with E-state index in [0.717, 1.165) is 15.5 Å². The molecule has 2 aliphatic carbocycles. The predicted molar refractivity (Wildman–Crippen MR) is 94.2 cm³/mol. The number of carboxylic acid groups (broad SMARTS) is 1. The van der Waals surface area contributed by atoms with E-state index >= 15 is 0 Å². The molecule has 2 heterocycles. The number of thiazole rings is 1. The summed E-state index contributed by atoms with van der Waals surface area (Å²) in [6.45, 7) is 0. The van der Waals surface area contributed by atoms with Gasteiger partial charge in [0.2, 0.25) is 0 Å². The Morgan fingerprint density at radius 1 is 1.21 bits per heavy atom. The highest BCUT2D eigenvalue weighted by Gasteiger charge is 2.55. The molecule has 1 aromatic heterocycles. The van der Waals surface area contributed by atoms with E-state index in [1.165, 1.54) is 30.6 Å². The van der Waals surface area contributed by atoms with Crippen LogP contribution in [-0.2, 0) is 0 Å². The number of aromatic carboxylic acids is 1. The van der Waals surface area contributed by atoms with Crippen LogP contribution in [0.4, 0.5) is 0 Å². The number of carbonyl (C=O) groups is 1. The number of fused-ring (bicyclic) bond motifs is 6. The molecule has 0 unspecified atom stereocenters. The fraction of sp³-hybridized carbons (Fsp3) is 0.444. The molecule has 2 saturated carbocycles. The maximum Gasteiger partial charge on any atom is 0.335 e. The summed E-state index contributed by atoms with van der Waals surface area (Å²) in [5, 5.41) is 11.1. The number of benzene rings is 1. The summed E-state index contributed by atoms with van der Waals surface area (Å²) in [6.07, 6.45) is 3.77. The SMILES string of the molecule is O=C(O)c1ccccc1[C@H]1c2sc(=O)[nH]c2S[C@H]2[C@@H]3CC[C@H](C3)[C@H]12. The van der Waals surface area contributed by atoms with Crippen molar-refractivity contribution in [2.45, 2.75) is 35.5 Å². The predicted octanol–water partition coefficient (Wildman–Crippen LogP) is 3.79. The molecule has 5 atom stereocenters.